The number of imidazole rings is 1. The molecule has 1 aliphatic rings. The van der Waals surface area contributed by atoms with Gasteiger partial charge in [-0.15, -0.1) is 24.0 Å². The van der Waals surface area contributed by atoms with E-state index in [2.05, 4.69) is 49.4 Å². The number of aliphatic imine (C=N–C) groups is 1. The largest absolute Gasteiger partial charge is 0.385 e. The van der Waals surface area contributed by atoms with E-state index < -0.39 is 0 Å². The second kappa shape index (κ2) is 11.4. The number of rotatable bonds is 9. The van der Waals surface area contributed by atoms with E-state index in [1.807, 2.05) is 25.5 Å². The topological polar surface area (TPSA) is 63.5 Å². The molecule has 0 radical (unpaired) electrons. The van der Waals surface area contributed by atoms with Crippen molar-refractivity contribution in [1.82, 2.24) is 20.2 Å². The number of hydrogen-bond donors (Lipinski definition) is 2. The molecule has 6 nitrogen and oxygen atoms in total. The highest BCUT2D eigenvalue weighted by molar-refractivity contribution is 14.0. The molecule has 154 valence electrons. The molecule has 1 saturated carbocycles. The molecule has 0 amide bonds. The molecule has 1 aliphatic carbocycles. The van der Waals surface area contributed by atoms with Gasteiger partial charge in [0.25, 0.3) is 0 Å². The Morgan fingerprint density at radius 2 is 2.04 bits per heavy atom. The van der Waals surface area contributed by atoms with Gasteiger partial charge in [-0.25, -0.2) is 4.98 Å². The highest BCUT2D eigenvalue weighted by atomic mass is 127. The van der Waals surface area contributed by atoms with Gasteiger partial charge in [0.1, 0.15) is 5.82 Å². The summed E-state index contributed by atoms with van der Waals surface area (Å²) in [6, 6.07) is 10.4. The summed E-state index contributed by atoms with van der Waals surface area (Å²) >= 11 is 0. The first-order chi connectivity index (χ1) is 13.2. The van der Waals surface area contributed by atoms with Gasteiger partial charge in [-0.05, 0) is 30.2 Å². The maximum Gasteiger partial charge on any atom is 0.191 e. The van der Waals surface area contributed by atoms with Crippen molar-refractivity contribution in [2.75, 3.05) is 27.3 Å². The zero-order valence-corrected chi connectivity index (χ0v) is 19.2. The van der Waals surface area contributed by atoms with E-state index in [0.717, 1.165) is 37.9 Å². The van der Waals surface area contributed by atoms with Gasteiger partial charge >= 0.3 is 0 Å². The fraction of sp³-hybridized carbons (Fsp3) is 0.524. The average Bonchev–Trinajstić information content (AvgIpc) is 3.10. The Labute approximate surface area is 185 Å². The van der Waals surface area contributed by atoms with Crippen LogP contribution in [0.1, 0.15) is 37.1 Å². The minimum absolute atomic E-state index is 0. The van der Waals surface area contributed by atoms with Crippen LogP contribution >= 0.6 is 24.0 Å². The van der Waals surface area contributed by atoms with Crippen LogP contribution in [0.4, 0.5) is 0 Å². The molecule has 1 heterocycles. The smallest absolute Gasteiger partial charge is 0.191 e. The van der Waals surface area contributed by atoms with E-state index in [-0.39, 0.29) is 24.0 Å². The number of ether oxygens (including phenoxy) is 1. The third-order valence-corrected chi connectivity index (χ3v) is 5.52. The van der Waals surface area contributed by atoms with Gasteiger partial charge < -0.3 is 19.9 Å². The SMILES string of the molecule is CN=C(NCc1nccn1Cc1ccccc1)NCC1(CCOC)CCC1.I. The molecule has 28 heavy (non-hydrogen) atoms. The molecule has 0 saturated heterocycles. The van der Waals surface area contributed by atoms with Gasteiger partial charge in [0.05, 0.1) is 6.54 Å². The zero-order chi connectivity index (χ0) is 19.0. The van der Waals surface area contributed by atoms with Gasteiger partial charge in [0, 0.05) is 46.2 Å². The fourth-order valence-corrected chi connectivity index (χ4v) is 3.60. The normalized spacial score (nSPS) is 15.4. The number of nitrogens with zero attached hydrogens (tertiary/aromatic N) is 3. The third kappa shape index (κ3) is 6.20. The monoisotopic (exact) mass is 497 g/mol. The molecule has 0 spiro atoms. The van der Waals surface area contributed by atoms with Crippen molar-refractivity contribution < 1.29 is 4.74 Å². The molecule has 1 aromatic heterocycles. The van der Waals surface area contributed by atoms with Crippen LogP contribution in [0.15, 0.2) is 47.7 Å². The summed E-state index contributed by atoms with van der Waals surface area (Å²) in [5.41, 5.74) is 1.63. The Morgan fingerprint density at radius 3 is 2.68 bits per heavy atom. The molecule has 0 aliphatic heterocycles. The van der Waals surface area contributed by atoms with Crippen LogP contribution in [-0.2, 0) is 17.8 Å². The molecular weight excluding hydrogens is 465 g/mol. The molecule has 3 rings (SSSR count). The number of methoxy groups -OCH3 is 1. The molecule has 1 fully saturated rings. The van der Waals surface area contributed by atoms with Crippen molar-refractivity contribution in [3.63, 3.8) is 0 Å². The standard InChI is InChI=1S/C21H31N5O.HI/c1-22-20(25-17-21(9-6-10-21)11-14-27-2)24-15-19-23-12-13-26(19)16-18-7-4-3-5-8-18;/h3-5,7-8,12-13H,6,9-11,14-17H2,1-2H3,(H2,22,24,25);1H. The first-order valence-electron chi connectivity index (χ1n) is 9.72. The number of hydrogen-bond acceptors (Lipinski definition) is 3. The minimum Gasteiger partial charge on any atom is -0.385 e. The van der Waals surface area contributed by atoms with Gasteiger partial charge in [-0.3, -0.25) is 4.99 Å². The van der Waals surface area contributed by atoms with Crippen LogP contribution in [-0.4, -0.2) is 42.8 Å². The predicted octanol–water partition coefficient (Wildman–Crippen LogP) is 3.42. The number of halogens is 1. The lowest BCUT2D eigenvalue weighted by molar-refractivity contribution is 0.0732. The predicted molar refractivity (Wildman–Crippen MR) is 124 cm³/mol. The summed E-state index contributed by atoms with van der Waals surface area (Å²) in [7, 11) is 3.59. The Balaban J connectivity index is 0.00000280. The molecule has 2 aromatic rings. The third-order valence-electron chi connectivity index (χ3n) is 5.52. The van der Waals surface area contributed by atoms with Crippen molar-refractivity contribution in [2.24, 2.45) is 10.4 Å². The van der Waals surface area contributed by atoms with Crippen LogP contribution in [0.2, 0.25) is 0 Å². The summed E-state index contributed by atoms with van der Waals surface area (Å²) < 4.78 is 7.45. The maximum atomic E-state index is 5.28. The van der Waals surface area contributed by atoms with Crippen LogP contribution in [0.3, 0.4) is 0 Å². The number of nitrogens with one attached hydrogen (secondary N) is 2. The maximum absolute atomic E-state index is 5.28. The second-order valence-corrected chi connectivity index (χ2v) is 7.33. The Hall–Kier alpha value is -1.61. The molecule has 2 N–H and O–H groups in total. The Bertz CT molecular complexity index is 727. The fourth-order valence-electron chi connectivity index (χ4n) is 3.60. The van der Waals surface area contributed by atoms with E-state index >= 15 is 0 Å². The lowest BCUT2D eigenvalue weighted by atomic mass is 9.67. The number of aromatic nitrogens is 2. The Kier molecular flexibility index (Phi) is 9.24. The Morgan fingerprint density at radius 1 is 1.25 bits per heavy atom. The molecule has 1 aromatic carbocycles. The van der Waals surface area contributed by atoms with E-state index in [1.54, 1.807) is 7.11 Å². The quantitative estimate of drug-likeness (QED) is 0.317. The average molecular weight is 497 g/mol. The second-order valence-electron chi connectivity index (χ2n) is 7.33. The summed E-state index contributed by atoms with van der Waals surface area (Å²) in [5, 5.41) is 6.90. The van der Waals surface area contributed by atoms with Crippen molar-refractivity contribution in [3.8, 4) is 0 Å². The molecular formula is C21H32IN5O. The van der Waals surface area contributed by atoms with Crippen molar-refractivity contribution in [2.45, 2.75) is 38.8 Å². The molecule has 0 unspecified atom stereocenters. The zero-order valence-electron chi connectivity index (χ0n) is 16.9. The summed E-state index contributed by atoms with van der Waals surface area (Å²) in [5.74, 6) is 1.83. The summed E-state index contributed by atoms with van der Waals surface area (Å²) in [4.78, 5) is 8.87. The molecule has 0 atom stereocenters. The summed E-state index contributed by atoms with van der Waals surface area (Å²) in [6.07, 6.45) is 8.82. The lowest BCUT2D eigenvalue weighted by Crippen LogP contribution is -2.46. The van der Waals surface area contributed by atoms with Gasteiger partial charge in [-0.1, -0.05) is 36.8 Å². The van der Waals surface area contributed by atoms with E-state index in [4.69, 9.17) is 4.74 Å². The van der Waals surface area contributed by atoms with Gasteiger partial charge in [0.2, 0.25) is 0 Å². The van der Waals surface area contributed by atoms with E-state index in [9.17, 15) is 0 Å². The van der Waals surface area contributed by atoms with Gasteiger partial charge in [-0.2, -0.15) is 0 Å². The van der Waals surface area contributed by atoms with Gasteiger partial charge in [0.15, 0.2) is 5.96 Å². The first-order valence-corrected chi connectivity index (χ1v) is 9.72. The minimum atomic E-state index is 0. The van der Waals surface area contributed by atoms with Crippen LogP contribution in [0.5, 0.6) is 0 Å². The van der Waals surface area contributed by atoms with Crippen molar-refractivity contribution in [1.29, 1.82) is 0 Å². The highest BCUT2D eigenvalue weighted by Crippen LogP contribution is 2.43. The first kappa shape index (κ1) is 22.7. The molecule has 0 bridgehead atoms. The molecule has 7 heteroatoms. The van der Waals surface area contributed by atoms with Crippen molar-refractivity contribution >= 4 is 29.9 Å². The van der Waals surface area contributed by atoms with Crippen LogP contribution < -0.4 is 10.6 Å². The number of guanidine groups is 1. The van der Waals surface area contributed by atoms with Crippen LogP contribution in [0, 0.1) is 5.41 Å². The van der Waals surface area contributed by atoms with Crippen LogP contribution in [0.25, 0.3) is 0 Å². The van der Waals surface area contributed by atoms with Crippen molar-refractivity contribution in [3.05, 3.63) is 54.1 Å². The lowest BCUT2D eigenvalue weighted by Gasteiger charge is -2.42. The summed E-state index contributed by atoms with van der Waals surface area (Å²) in [6.45, 7) is 3.23. The van der Waals surface area contributed by atoms with E-state index in [1.165, 1.54) is 24.8 Å². The highest BCUT2D eigenvalue weighted by Gasteiger charge is 2.36. The number of benzene rings is 1. The van der Waals surface area contributed by atoms with E-state index in [0.29, 0.717) is 12.0 Å².